The number of hydrogen-bond donors (Lipinski definition) is 2. The molecule has 0 aliphatic carbocycles. The summed E-state index contributed by atoms with van der Waals surface area (Å²) in [7, 11) is 1.71. The second-order valence-corrected chi connectivity index (χ2v) is 4.53. The van der Waals surface area contributed by atoms with Crippen LogP contribution in [-0.4, -0.2) is 12.2 Å². The minimum atomic E-state index is 0.0857. The molecule has 0 radical (unpaired) electrons. The molecule has 0 heterocycles. The minimum absolute atomic E-state index is 0.0857. The summed E-state index contributed by atoms with van der Waals surface area (Å²) in [6, 6.07) is 15.4. The molecular formula is C16H19NO2. The van der Waals surface area contributed by atoms with Crippen molar-refractivity contribution >= 4 is 5.69 Å². The Hall–Kier alpha value is -2.00. The zero-order chi connectivity index (χ0) is 13.7. The van der Waals surface area contributed by atoms with Crippen molar-refractivity contribution in [3.63, 3.8) is 0 Å². The summed E-state index contributed by atoms with van der Waals surface area (Å²) in [5, 5.41) is 12.8. The van der Waals surface area contributed by atoms with E-state index in [1.807, 2.05) is 37.3 Å². The molecule has 0 fully saturated rings. The molecule has 0 saturated carbocycles. The predicted molar refractivity (Wildman–Crippen MR) is 77.3 cm³/mol. The Morgan fingerprint density at radius 3 is 2.68 bits per heavy atom. The lowest BCUT2D eigenvalue weighted by Crippen LogP contribution is -2.01. The van der Waals surface area contributed by atoms with E-state index in [1.165, 1.54) is 0 Å². The third kappa shape index (κ3) is 3.73. The Bertz CT molecular complexity index is 540. The molecule has 0 aliphatic rings. The number of phenolic OH excluding ortho intramolecular Hbond substituents is 1. The highest BCUT2D eigenvalue weighted by Crippen LogP contribution is 2.20. The Morgan fingerprint density at radius 1 is 1.16 bits per heavy atom. The minimum Gasteiger partial charge on any atom is -0.508 e. The number of hydrogen-bond acceptors (Lipinski definition) is 3. The van der Waals surface area contributed by atoms with Gasteiger partial charge in [-0.1, -0.05) is 24.3 Å². The van der Waals surface area contributed by atoms with Crippen molar-refractivity contribution in [3.8, 4) is 5.75 Å². The van der Waals surface area contributed by atoms with Gasteiger partial charge in [-0.05, 0) is 42.3 Å². The number of methoxy groups -OCH3 is 1. The van der Waals surface area contributed by atoms with E-state index in [4.69, 9.17) is 4.74 Å². The molecule has 1 atom stereocenters. The van der Waals surface area contributed by atoms with Crippen LogP contribution in [-0.2, 0) is 11.3 Å². The lowest BCUT2D eigenvalue weighted by atomic mass is 10.1. The van der Waals surface area contributed by atoms with Gasteiger partial charge in [0.15, 0.2) is 0 Å². The second-order valence-electron chi connectivity index (χ2n) is 4.53. The number of rotatable bonds is 5. The molecule has 2 aromatic carbocycles. The van der Waals surface area contributed by atoms with E-state index in [0.29, 0.717) is 12.3 Å². The first kappa shape index (κ1) is 13.4. The number of nitrogens with one attached hydrogen (secondary N) is 1. The molecule has 0 amide bonds. The normalized spacial score (nSPS) is 12.1. The molecule has 100 valence electrons. The van der Waals surface area contributed by atoms with Crippen LogP contribution in [0.2, 0.25) is 0 Å². The van der Waals surface area contributed by atoms with E-state index >= 15 is 0 Å². The number of phenols is 1. The monoisotopic (exact) mass is 257 g/mol. The molecule has 0 spiro atoms. The summed E-state index contributed by atoms with van der Waals surface area (Å²) < 4.78 is 5.31. The summed E-state index contributed by atoms with van der Waals surface area (Å²) in [6.07, 6.45) is 0.0857. The van der Waals surface area contributed by atoms with Crippen LogP contribution in [0.25, 0.3) is 0 Å². The first-order valence-electron chi connectivity index (χ1n) is 6.33. The third-order valence-corrected chi connectivity index (χ3v) is 3.12. The maximum absolute atomic E-state index is 9.41. The van der Waals surface area contributed by atoms with Gasteiger partial charge in [0, 0.05) is 19.3 Å². The Morgan fingerprint density at radius 2 is 1.95 bits per heavy atom. The number of anilines is 1. The maximum Gasteiger partial charge on any atom is 0.115 e. The van der Waals surface area contributed by atoms with E-state index in [9.17, 15) is 5.11 Å². The van der Waals surface area contributed by atoms with Crippen molar-refractivity contribution in [1.29, 1.82) is 0 Å². The van der Waals surface area contributed by atoms with E-state index in [-0.39, 0.29) is 6.10 Å². The largest absolute Gasteiger partial charge is 0.508 e. The van der Waals surface area contributed by atoms with Gasteiger partial charge in [-0.15, -0.1) is 0 Å². The molecule has 2 aromatic rings. The van der Waals surface area contributed by atoms with Gasteiger partial charge in [0.2, 0.25) is 0 Å². The van der Waals surface area contributed by atoms with Crippen LogP contribution in [0, 0.1) is 0 Å². The highest BCUT2D eigenvalue weighted by atomic mass is 16.5. The van der Waals surface area contributed by atoms with Gasteiger partial charge in [-0.3, -0.25) is 0 Å². The topological polar surface area (TPSA) is 41.5 Å². The Balaban J connectivity index is 2.03. The van der Waals surface area contributed by atoms with Gasteiger partial charge in [0.05, 0.1) is 6.10 Å². The quantitative estimate of drug-likeness (QED) is 0.858. The lowest BCUT2D eigenvalue weighted by molar-refractivity contribution is 0.119. The van der Waals surface area contributed by atoms with Crippen LogP contribution in [0.4, 0.5) is 5.69 Å². The average Bonchev–Trinajstić information content (AvgIpc) is 2.45. The van der Waals surface area contributed by atoms with Crippen molar-refractivity contribution in [2.45, 2.75) is 19.6 Å². The fraction of sp³-hybridized carbons (Fsp3) is 0.250. The second kappa shape index (κ2) is 6.25. The molecule has 2 N–H and O–H groups in total. The molecule has 1 unspecified atom stereocenters. The van der Waals surface area contributed by atoms with Crippen molar-refractivity contribution in [3.05, 3.63) is 59.7 Å². The van der Waals surface area contributed by atoms with Crippen LogP contribution >= 0.6 is 0 Å². The predicted octanol–water partition coefficient (Wildman–Crippen LogP) is 3.71. The molecule has 0 aliphatic heterocycles. The molecule has 2 rings (SSSR count). The zero-order valence-electron chi connectivity index (χ0n) is 11.3. The van der Waals surface area contributed by atoms with Crippen LogP contribution in [0.15, 0.2) is 48.5 Å². The standard InChI is InChI=1S/C16H19NO2/c1-12(19-2)14-6-4-7-15(10-14)17-11-13-5-3-8-16(18)9-13/h3-10,12,17-18H,11H2,1-2H3. The molecule has 0 bridgehead atoms. The third-order valence-electron chi connectivity index (χ3n) is 3.12. The summed E-state index contributed by atoms with van der Waals surface area (Å²) >= 11 is 0. The SMILES string of the molecule is COC(C)c1cccc(NCc2cccc(O)c2)c1. The van der Waals surface area contributed by atoms with Gasteiger partial charge in [-0.25, -0.2) is 0 Å². The van der Waals surface area contributed by atoms with Crippen LogP contribution < -0.4 is 5.32 Å². The van der Waals surface area contributed by atoms with E-state index in [1.54, 1.807) is 19.2 Å². The summed E-state index contributed by atoms with van der Waals surface area (Å²) in [5.41, 5.74) is 3.23. The van der Waals surface area contributed by atoms with Crippen LogP contribution in [0.3, 0.4) is 0 Å². The van der Waals surface area contributed by atoms with Crippen molar-refractivity contribution < 1.29 is 9.84 Å². The highest BCUT2D eigenvalue weighted by molar-refractivity contribution is 5.47. The fourth-order valence-electron chi connectivity index (χ4n) is 1.91. The van der Waals surface area contributed by atoms with E-state index in [2.05, 4.69) is 11.4 Å². The van der Waals surface area contributed by atoms with Crippen molar-refractivity contribution in [2.75, 3.05) is 12.4 Å². The average molecular weight is 257 g/mol. The van der Waals surface area contributed by atoms with Crippen LogP contribution in [0.5, 0.6) is 5.75 Å². The first-order valence-corrected chi connectivity index (χ1v) is 6.33. The Kier molecular flexibility index (Phi) is 4.42. The zero-order valence-corrected chi connectivity index (χ0v) is 11.3. The molecule has 0 saturated heterocycles. The first-order chi connectivity index (χ1) is 9.19. The molecule has 3 nitrogen and oxygen atoms in total. The molecule has 19 heavy (non-hydrogen) atoms. The fourth-order valence-corrected chi connectivity index (χ4v) is 1.91. The van der Waals surface area contributed by atoms with Crippen molar-refractivity contribution in [1.82, 2.24) is 0 Å². The van der Waals surface area contributed by atoms with E-state index < -0.39 is 0 Å². The number of ether oxygens (including phenoxy) is 1. The Labute approximate surface area is 113 Å². The maximum atomic E-state index is 9.41. The van der Waals surface area contributed by atoms with Gasteiger partial charge in [-0.2, -0.15) is 0 Å². The summed E-state index contributed by atoms with van der Waals surface area (Å²) in [4.78, 5) is 0. The summed E-state index contributed by atoms with van der Waals surface area (Å²) in [6.45, 7) is 2.70. The number of benzene rings is 2. The molecule has 0 aromatic heterocycles. The molecule has 3 heteroatoms. The van der Waals surface area contributed by atoms with Gasteiger partial charge < -0.3 is 15.2 Å². The van der Waals surface area contributed by atoms with Crippen molar-refractivity contribution in [2.24, 2.45) is 0 Å². The van der Waals surface area contributed by atoms with Gasteiger partial charge in [0.1, 0.15) is 5.75 Å². The summed E-state index contributed by atoms with van der Waals surface area (Å²) in [5.74, 6) is 0.293. The smallest absolute Gasteiger partial charge is 0.115 e. The number of aromatic hydroxyl groups is 1. The lowest BCUT2D eigenvalue weighted by Gasteiger charge is -2.12. The van der Waals surface area contributed by atoms with Gasteiger partial charge in [0.25, 0.3) is 0 Å². The van der Waals surface area contributed by atoms with Gasteiger partial charge >= 0.3 is 0 Å². The van der Waals surface area contributed by atoms with E-state index in [0.717, 1.165) is 16.8 Å². The van der Waals surface area contributed by atoms with Crippen LogP contribution in [0.1, 0.15) is 24.2 Å². The molecular weight excluding hydrogens is 238 g/mol. The highest BCUT2D eigenvalue weighted by Gasteiger charge is 2.04.